The monoisotopic (exact) mass is 289 g/mol. The van der Waals surface area contributed by atoms with Crippen molar-refractivity contribution in [2.45, 2.75) is 26.3 Å². The van der Waals surface area contributed by atoms with Crippen LogP contribution in [0.4, 0.5) is 15.8 Å². The highest BCUT2D eigenvalue weighted by molar-refractivity contribution is 5.69. The number of ether oxygens (including phenoxy) is 1. The van der Waals surface area contributed by atoms with Crippen molar-refractivity contribution in [1.29, 1.82) is 0 Å². The van der Waals surface area contributed by atoms with E-state index in [0.717, 1.165) is 12.0 Å². The van der Waals surface area contributed by atoms with E-state index >= 15 is 0 Å². The topological polar surface area (TPSA) is 60.2 Å². The van der Waals surface area contributed by atoms with Gasteiger partial charge in [-0.05, 0) is 25.0 Å². The molecule has 0 saturated heterocycles. The average molecular weight is 289 g/mol. The van der Waals surface area contributed by atoms with Crippen LogP contribution in [-0.4, -0.2) is 11.6 Å². The molecule has 1 aromatic heterocycles. The van der Waals surface area contributed by atoms with Gasteiger partial charge in [-0.25, -0.2) is 4.39 Å². The number of rotatable bonds is 6. The number of halogens is 1. The van der Waals surface area contributed by atoms with Crippen molar-refractivity contribution >= 4 is 11.4 Å². The Labute approximate surface area is 124 Å². The number of aromatic nitrogens is 1. The van der Waals surface area contributed by atoms with Crippen LogP contribution in [0.1, 0.15) is 31.9 Å². The van der Waals surface area contributed by atoms with Crippen LogP contribution >= 0.6 is 0 Å². The molecule has 0 aliphatic carbocycles. The molecule has 1 aromatic carbocycles. The van der Waals surface area contributed by atoms with Crippen LogP contribution in [0.15, 0.2) is 36.7 Å². The molecule has 0 bridgehead atoms. The molecule has 2 aromatic rings. The molecule has 1 heterocycles. The SMILES string of the molecule is CCCOc1cc(NC(C)c2cccnc2)c(N)cc1F. The van der Waals surface area contributed by atoms with Crippen molar-refractivity contribution in [2.75, 3.05) is 17.7 Å². The Morgan fingerprint density at radius 1 is 1.43 bits per heavy atom. The summed E-state index contributed by atoms with van der Waals surface area (Å²) < 4.78 is 19.2. The van der Waals surface area contributed by atoms with Gasteiger partial charge in [-0.3, -0.25) is 4.98 Å². The summed E-state index contributed by atoms with van der Waals surface area (Å²) in [6, 6.07) is 6.73. The van der Waals surface area contributed by atoms with Gasteiger partial charge in [0, 0.05) is 24.5 Å². The molecule has 0 spiro atoms. The summed E-state index contributed by atoms with van der Waals surface area (Å²) in [5.74, 6) is -0.229. The van der Waals surface area contributed by atoms with Crippen LogP contribution < -0.4 is 15.8 Å². The second-order valence-electron chi connectivity index (χ2n) is 4.87. The zero-order valence-corrected chi connectivity index (χ0v) is 12.3. The number of benzene rings is 1. The third kappa shape index (κ3) is 3.84. The fraction of sp³-hybridized carbons (Fsp3) is 0.312. The number of hydrogen-bond acceptors (Lipinski definition) is 4. The summed E-state index contributed by atoms with van der Waals surface area (Å²) in [5, 5.41) is 3.26. The lowest BCUT2D eigenvalue weighted by Gasteiger charge is -2.18. The lowest BCUT2D eigenvalue weighted by molar-refractivity contribution is 0.301. The van der Waals surface area contributed by atoms with E-state index in [1.807, 2.05) is 26.0 Å². The van der Waals surface area contributed by atoms with Gasteiger partial charge in [0.25, 0.3) is 0 Å². The van der Waals surface area contributed by atoms with E-state index in [1.165, 1.54) is 6.07 Å². The fourth-order valence-corrected chi connectivity index (χ4v) is 1.97. The van der Waals surface area contributed by atoms with E-state index in [-0.39, 0.29) is 11.8 Å². The molecular formula is C16H20FN3O. The number of nitrogens with zero attached hydrogens (tertiary/aromatic N) is 1. The first-order valence-electron chi connectivity index (χ1n) is 7.00. The highest BCUT2D eigenvalue weighted by Crippen LogP contribution is 2.30. The van der Waals surface area contributed by atoms with Crippen molar-refractivity contribution in [3.8, 4) is 5.75 Å². The van der Waals surface area contributed by atoms with E-state index in [4.69, 9.17) is 10.5 Å². The molecule has 1 unspecified atom stereocenters. The van der Waals surface area contributed by atoms with Gasteiger partial charge in [0.1, 0.15) is 0 Å². The maximum Gasteiger partial charge on any atom is 0.167 e. The summed E-state index contributed by atoms with van der Waals surface area (Å²) >= 11 is 0. The quantitative estimate of drug-likeness (QED) is 0.795. The smallest absolute Gasteiger partial charge is 0.167 e. The summed E-state index contributed by atoms with van der Waals surface area (Å²) in [6.45, 7) is 4.43. The number of anilines is 2. The molecule has 5 heteroatoms. The van der Waals surface area contributed by atoms with Crippen molar-refractivity contribution in [3.05, 3.63) is 48.0 Å². The van der Waals surface area contributed by atoms with Gasteiger partial charge in [-0.2, -0.15) is 0 Å². The van der Waals surface area contributed by atoms with Crippen LogP contribution in [0.3, 0.4) is 0 Å². The largest absolute Gasteiger partial charge is 0.490 e. The molecule has 112 valence electrons. The van der Waals surface area contributed by atoms with Crippen LogP contribution in [0.5, 0.6) is 5.75 Å². The molecule has 3 N–H and O–H groups in total. The zero-order chi connectivity index (χ0) is 15.2. The first-order valence-corrected chi connectivity index (χ1v) is 7.00. The lowest BCUT2D eigenvalue weighted by Crippen LogP contribution is -2.09. The fourth-order valence-electron chi connectivity index (χ4n) is 1.97. The van der Waals surface area contributed by atoms with E-state index < -0.39 is 5.82 Å². The molecule has 21 heavy (non-hydrogen) atoms. The van der Waals surface area contributed by atoms with E-state index in [9.17, 15) is 4.39 Å². The third-order valence-corrected chi connectivity index (χ3v) is 3.12. The van der Waals surface area contributed by atoms with E-state index in [2.05, 4.69) is 10.3 Å². The van der Waals surface area contributed by atoms with Crippen molar-refractivity contribution in [1.82, 2.24) is 4.98 Å². The molecule has 0 aliphatic heterocycles. The second kappa shape index (κ2) is 6.92. The maximum absolute atomic E-state index is 13.8. The Balaban J connectivity index is 2.19. The van der Waals surface area contributed by atoms with Gasteiger partial charge in [0.2, 0.25) is 0 Å². The van der Waals surface area contributed by atoms with Gasteiger partial charge in [-0.15, -0.1) is 0 Å². The molecule has 0 radical (unpaired) electrons. The van der Waals surface area contributed by atoms with E-state index in [1.54, 1.807) is 18.5 Å². The summed E-state index contributed by atoms with van der Waals surface area (Å²) in [4.78, 5) is 4.09. The van der Waals surface area contributed by atoms with Gasteiger partial charge < -0.3 is 15.8 Å². The lowest BCUT2D eigenvalue weighted by atomic mass is 10.1. The summed E-state index contributed by atoms with van der Waals surface area (Å²) in [7, 11) is 0. The molecule has 0 saturated carbocycles. The highest BCUT2D eigenvalue weighted by atomic mass is 19.1. The first-order chi connectivity index (χ1) is 10.1. The standard InChI is InChI=1S/C16H20FN3O/c1-3-7-21-16-9-15(14(18)8-13(16)17)20-11(2)12-5-4-6-19-10-12/h4-6,8-11,20H,3,7,18H2,1-2H3. The third-order valence-electron chi connectivity index (χ3n) is 3.12. The van der Waals surface area contributed by atoms with E-state index in [0.29, 0.717) is 18.0 Å². The predicted octanol–water partition coefficient (Wildman–Crippen LogP) is 3.76. The minimum atomic E-state index is -0.444. The number of nitrogens with one attached hydrogen (secondary N) is 1. The minimum absolute atomic E-state index is 0.00508. The number of pyridine rings is 1. The molecular weight excluding hydrogens is 269 g/mol. The number of hydrogen-bond donors (Lipinski definition) is 2. The van der Waals surface area contributed by atoms with Gasteiger partial charge >= 0.3 is 0 Å². The number of nitrogens with two attached hydrogens (primary N) is 1. The normalized spacial score (nSPS) is 12.0. The Kier molecular flexibility index (Phi) is 4.98. The molecule has 0 fully saturated rings. The Morgan fingerprint density at radius 3 is 2.90 bits per heavy atom. The maximum atomic E-state index is 13.8. The van der Waals surface area contributed by atoms with Gasteiger partial charge in [0.05, 0.1) is 24.0 Å². The van der Waals surface area contributed by atoms with Crippen molar-refractivity contribution in [3.63, 3.8) is 0 Å². The van der Waals surface area contributed by atoms with Crippen molar-refractivity contribution in [2.24, 2.45) is 0 Å². The average Bonchev–Trinajstić information content (AvgIpc) is 2.49. The van der Waals surface area contributed by atoms with Crippen LogP contribution in [0, 0.1) is 5.82 Å². The molecule has 2 rings (SSSR count). The molecule has 0 amide bonds. The molecule has 0 aliphatic rings. The second-order valence-corrected chi connectivity index (χ2v) is 4.87. The first kappa shape index (κ1) is 15.1. The zero-order valence-electron chi connectivity index (χ0n) is 12.3. The van der Waals surface area contributed by atoms with Crippen LogP contribution in [-0.2, 0) is 0 Å². The Hall–Kier alpha value is -2.30. The number of nitrogen functional groups attached to an aromatic ring is 1. The summed E-state index contributed by atoms with van der Waals surface area (Å²) in [5.41, 5.74) is 7.90. The summed E-state index contributed by atoms with van der Waals surface area (Å²) in [6.07, 6.45) is 4.32. The molecule has 4 nitrogen and oxygen atoms in total. The molecule has 1 atom stereocenters. The Morgan fingerprint density at radius 2 is 2.24 bits per heavy atom. The predicted molar refractivity (Wildman–Crippen MR) is 82.9 cm³/mol. The van der Waals surface area contributed by atoms with Gasteiger partial charge in [0.15, 0.2) is 11.6 Å². The minimum Gasteiger partial charge on any atom is -0.490 e. The van der Waals surface area contributed by atoms with Crippen LogP contribution in [0.25, 0.3) is 0 Å². The highest BCUT2D eigenvalue weighted by Gasteiger charge is 2.12. The Bertz CT molecular complexity index is 590. The van der Waals surface area contributed by atoms with Crippen LogP contribution in [0.2, 0.25) is 0 Å². The van der Waals surface area contributed by atoms with Gasteiger partial charge in [-0.1, -0.05) is 13.0 Å². The van der Waals surface area contributed by atoms with Crippen molar-refractivity contribution < 1.29 is 9.13 Å².